The molecule has 2 aromatic rings. The predicted molar refractivity (Wildman–Crippen MR) is 61.9 cm³/mol. The van der Waals surface area contributed by atoms with Gasteiger partial charge in [-0.25, -0.2) is 9.37 Å². The second-order valence-corrected chi connectivity index (χ2v) is 4.39. The number of benzene rings is 1. The third kappa shape index (κ3) is 2.36. The number of nitrogens with zero attached hydrogens (tertiary/aromatic N) is 1. The summed E-state index contributed by atoms with van der Waals surface area (Å²) < 4.78 is 12.7. The Morgan fingerprint density at radius 1 is 1.27 bits per heavy atom. The predicted octanol–water partition coefficient (Wildman–Crippen LogP) is 3.73. The molecule has 0 spiro atoms. The smallest absolute Gasteiger partial charge is 0.123 e. The van der Waals surface area contributed by atoms with Gasteiger partial charge in [0.1, 0.15) is 5.82 Å². The van der Waals surface area contributed by atoms with Gasteiger partial charge in [-0.1, -0.05) is 0 Å². The van der Waals surface area contributed by atoms with Crippen molar-refractivity contribution in [2.75, 3.05) is 5.88 Å². The zero-order valence-corrected chi connectivity index (χ0v) is 9.48. The van der Waals surface area contributed by atoms with Crippen LogP contribution < -0.4 is 0 Å². The lowest BCUT2D eigenvalue weighted by Crippen LogP contribution is -1.87. The second kappa shape index (κ2) is 4.73. The monoisotopic (exact) mass is 241 g/mol. The molecule has 1 heterocycles. The van der Waals surface area contributed by atoms with E-state index in [0.717, 1.165) is 22.6 Å². The summed E-state index contributed by atoms with van der Waals surface area (Å²) in [5, 5.41) is 0. The first kappa shape index (κ1) is 10.6. The number of halogens is 2. The molecule has 15 heavy (non-hydrogen) atoms. The minimum absolute atomic E-state index is 0.229. The van der Waals surface area contributed by atoms with E-state index in [1.807, 2.05) is 0 Å². The zero-order valence-electron chi connectivity index (χ0n) is 7.91. The summed E-state index contributed by atoms with van der Waals surface area (Å²) in [6, 6.07) is 6.36. The highest BCUT2D eigenvalue weighted by molar-refractivity contribution is 7.10. The Bertz CT molecular complexity index is 438. The van der Waals surface area contributed by atoms with Gasteiger partial charge >= 0.3 is 0 Å². The maximum atomic E-state index is 12.7. The summed E-state index contributed by atoms with van der Waals surface area (Å²) >= 11 is 7.28. The third-order valence-electron chi connectivity index (χ3n) is 2.08. The fourth-order valence-corrected chi connectivity index (χ4v) is 2.47. The highest BCUT2D eigenvalue weighted by Gasteiger charge is 2.07. The first-order chi connectivity index (χ1) is 7.31. The third-order valence-corrected chi connectivity index (χ3v) is 3.16. The molecule has 4 heteroatoms. The van der Waals surface area contributed by atoms with Gasteiger partial charge in [0.05, 0.1) is 11.2 Å². The van der Waals surface area contributed by atoms with Crippen LogP contribution >= 0.6 is 22.9 Å². The standard InChI is InChI=1S/C11H9ClFNS/c12-6-5-10-11(14-7-15-10)8-1-3-9(13)4-2-8/h1-4,7H,5-6H2. The van der Waals surface area contributed by atoms with Gasteiger partial charge in [0.25, 0.3) is 0 Å². The number of alkyl halides is 1. The molecule has 0 N–H and O–H groups in total. The van der Waals surface area contributed by atoms with Crippen LogP contribution in [0.5, 0.6) is 0 Å². The first-order valence-corrected chi connectivity index (χ1v) is 5.97. The molecular formula is C11H9ClFNS. The van der Waals surface area contributed by atoms with Crippen LogP contribution in [0, 0.1) is 5.82 Å². The fraction of sp³-hybridized carbons (Fsp3) is 0.182. The van der Waals surface area contributed by atoms with E-state index in [9.17, 15) is 4.39 Å². The minimum Gasteiger partial charge on any atom is -0.244 e. The lowest BCUT2D eigenvalue weighted by atomic mass is 10.1. The SMILES string of the molecule is Fc1ccc(-c2ncsc2CCCl)cc1. The zero-order chi connectivity index (χ0) is 10.7. The summed E-state index contributed by atoms with van der Waals surface area (Å²) in [4.78, 5) is 5.42. The first-order valence-electron chi connectivity index (χ1n) is 4.55. The van der Waals surface area contributed by atoms with Crippen molar-refractivity contribution in [2.24, 2.45) is 0 Å². The van der Waals surface area contributed by atoms with E-state index in [-0.39, 0.29) is 5.82 Å². The van der Waals surface area contributed by atoms with Crippen LogP contribution in [0.1, 0.15) is 4.88 Å². The molecule has 0 saturated heterocycles. The number of aromatic nitrogens is 1. The van der Waals surface area contributed by atoms with Crippen LogP contribution in [0.4, 0.5) is 4.39 Å². The molecule has 0 radical (unpaired) electrons. The normalized spacial score (nSPS) is 10.5. The molecule has 0 fully saturated rings. The van der Waals surface area contributed by atoms with Gasteiger partial charge in [-0.15, -0.1) is 22.9 Å². The lowest BCUT2D eigenvalue weighted by molar-refractivity contribution is 0.628. The Morgan fingerprint density at radius 2 is 2.00 bits per heavy atom. The van der Waals surface area contributed by atoms with Gasteiger partial charge in [0.15, 0.2) is 0 Å². The maximum Gasteiger partial charge on any atom is 0.123 e. The molecule has 78 valence electrons. The topological polar surface area (TPSA) is 12.9 Å². The summed E-state index contributed by atoms with van der Waals surface area (Å²) in [7, 11) is 0. The van der Waals surface area contributed by atoms with E-state index in [2.05, 4.69) is 4.98 Å². The van der Waals surface area contributed by atoms with Crippen LogP contribution in [-0.4, -0.2) is 10.9 Å². The minimum atomic E-state index is -0.229. The summed E-state index contributed by atoms with van der Waals surface area (Å²) in [6.45, 7) is 0. The maximum absolute atomic E-state index is 12.7. The molecule has 1 aromatic heterocycles. The molecule has 0 aliphatic carbocycles. The van der Waals surface area contributed by atoms with Crippen molar-refractivity contribution in [2.45, 2.75) is 6.42 Å². The highest BCUT2D eigenvalue weighted by atomic mass is 35.5. The second-order valence-electron chi connectivity index (χ2n) is 3.07. The molecule has 0 atom stereocenters. The van der Waals surface area contributed by atoms with E-state index in [1.165, 1.54) is 12.1 Å². The van der Waals surface area contributed by atoms with Crippen molar-refractivity contribution < 1.29 is 4.39 Å². The molecule has 0 aliphatic rings. The number of rotatable bonds is 3. The summed E-state index contributed by atoms with van der Waals surface area (Å²) in [5.41, 5.74) is 3.65. The van der Waals surface area contributed by atoms with Gasteiger partial charge in [-0.3, -0.25) is 0 Å². The van der Waals surface area contributed by atoms with E-state index >= 15 is 0 Å². The van der Waals surface area contributed by atoms with Gasteiger partial charge < -0.3 is 0 Å². The van der Waals surface area contributed by atoms with Gasteiger partial charge in [-0.05, 0) is 30.7 Å². The molecule has 0 amide bonds. The Kier molecular flexibility index (Phi) is 3.34. The number of thiazole rings is 1. The van der Waals surface area contributed by atoms with Gasteiger partial charge in [0.2, 0.25) is 0 Å². The van der Waals surface area contributed by atoms with Crippen LogP contribution in [-0.2, 0) is 6.42 Å². The number of hydrogen-bond donors (Lipinski definition) is 0. The molecule has 1 nitrogen and oxygen atoms in total. The van der Waals surface area contributed by atoms with E-state index in [0.29, 0.717) is 5.88 Å². The van der Waals surface area contributed by atoms with Crippen molar-refractivity contribution in [3.05, 3.63) is 40.5 Å². The van der Waals surface area contributed by atoms with Crippen LogP contribution in [0.3, 0.4) is 0 Å². The average molecular weight is 242 g/mol. The molecular weight excluding hydrogens is 233 g/mol. The fourth-order valence-electron chi connectivity index (χ4n) is 1.38. The van der Waals surface area contributed by atoms with Crippen LogP contribution in [0.25, 0.3) is 11.3 Å². The largest absolute Gasteiger partial charge is 0.244 e. The molecule has 0 unspecified atom stereocenters. The summed E-state index contributed by atoms with van der Waals surface area (Å²) in [5.74, 6) is 0.351. The molecule has 2 rings (SSSR count). The Balaban J connectivity index is 2.36. The van der Waals surface area contributed by atoms with Crippen molar-refractivity contribution in [3.8, 4) is 11.3 Å². The summed E-state index contributed by atoms with van der Waals surface area (Å²) in [6.07, 6.45) is 0.804. The molecule has 0 bridgehead atoms. The Labute approximate surface area is 96.5 Å². The van der Waals surface area contributed by atoms with Crippen LogP contribution in [0.2, 0.25) is 0 Å². The Hall–Kier alpha value is -0.930. The number of hydrogen-bond acceptors (Lipinski definition) is 2. The van der Waals surface area contributed by atoms with E-state index < -0.39 is 0 Å². The van der Waals surface area contributed by atoms with Gasteiger partial charge in [0, 0.05) is 16.3 Å². The average Bonchev–Trinajstić information content (AvgIpc) is 2.68. The van der Waals surface area contributed by atoms with Crippen molar-refractivity contribution in [1.82, 2.24) is 4.98 Å². The molecule has 1 aromatic carbocycles. The van der Waals surface area contributed by atoms with Crippen molar-refractivity contribution in [1.29, 1.82) is 0 Å². The van der Waals surface area contributed by atoms with Crippen molar-refractivity contribution in [3.63, 3.8) is 0 Å². The van der Waals surface area contributed by atoms with Gasteiger partial charge in [-0.2, -0.15) is 0 Å². The Morgan fingerprint density at radius 3 is 2.67 bits per heavy atom. The quantitative estimate of drug-likeness (QED) is 0.747. The molecule has 0 aliphatic heterocycles. The highest BCUT2D eigenvalue weighted by Crippen LogP contribution is 2.26. The van der Waals surface area contributed by atoms with E-state index in [1.54, 1.807) is 29.0 Å². The number of aryl methyl sites for hydroxylation is 1. The van der Waals surface area contributed by atoms with E-state index in [4.69, 9.17) is 11.6 Å². The molecule has 0 saturated carbocycles. The van der Waals surface area contributed by atoms with Crippen molar-refractivity contribution >= 4 is 22.9 Å². The van der Waals surface area contributed by atoms with Crippen LogP contribution in [0.15, 0.2) is 29.8 Å². The lowest BCUT2D eigenvalue weighted by Gasteiger charge is -2.00.